The molecule has 2 heterocycles. The highest BCUT2D eigenvalue weighted by Crippen LogP contribution is 2.32. The molecule has 0 atom stereocenters. The van der Waals surface area contributed by atoms with Gasteiger partial charge in [-0.05, 0) is 0 Å². The lowest BCUT2D eigenvalue weighted by Crippen LogP contribution is -2.04. The number of aromatic amines is 1. The monoisotopic (exact) mass is 200 g/mol. The first-order valence-corrected chi connectivity index (χ1v) is 3.40. The molecule has 0 aromatic carbocycles. The van der Waals surface area contributed by atoms with E-state index in [1.165, 1.54) is 0 Å². The van der Waals surface area contributed by atoms with Crippen LogP contribution < -0.4 is 10.4 Å². The number of nitrogens with one attached hydrogen (secondary N) is 1. The lowest BCUT2D eigenvalue weighted by Gasteiger charge is -1.95. The van der Waals surface area contributed by atoms with E-state index in [1.54, 1.807) is 0 Å². The molecule has 2 rings (SSSR count). The van der Waals surface area contributed by atoms with Crippen molar-refractivity contribution in [2.45, 2.75) is 0 Å². The number of pyridine rings is 1. The molecule has 0 saturated carbocycles. The van der Waals surface area contributed by atoms with E-state index in [9.17, 15) is 9.90 Å². The number of hydrogen-bond acceptors (Lipinski definition) is 7. The minimum Gasteiger partial charge on any atom is -0.502 e. The van der Waals surface area contributed by atoms with Crippen molar-refractivity contribution in [2.75, 3.05) is 0 Å². The number of rotatable bonds is 1. The van der Waals surface area contributed by atoms with E-state index in [1.807, 2.05) is 0 Å². The van der Waals surface area contributed by atoms with Crippen molar-refractivity contribution in [1.82, 2.24) is 10.1 Å². The molecule has 2 aromatic rings. The fourth-order valence-corrected chi connectivity index (χ4v) is 1.00. The van der Waals surface area contributed by atoms with Gasteiger partial charge < -0.3 is 19.7 Å². The standard InChI is InChI=1S/C6H4N2O6/c9-3-1-2(6(14-12)13-8-1)7-5(11)4(3)10/h9-10,12H,(H,7,11). The maximum Gasteiger partial charge on any atom is 0.370 e. The molecule has 4 N–H and O–H groups in total. The van der Waals surface area contributed by atoms with Crippen LogP contribution in [0.5, 0.6) is 17.4 Å². The summed E-state index contributed by atoms with van der Waals surface area (Å²) < 4.78 is 4.39. The van der Waals surface area contributed by atoms with Gasteiger partial charge in [-0.3, -0.25) is 9.68 Å². The van der Waals surface area contributed by atoms with E-state index in [0.29, 0.717) is 0 Å². The fraction of sp³-hybridized carbons (Fsp3) is 0. The van der Waals surface area contributed by atoms with Gasteiger partial charge in [0.05, 0.1) is 0 Å². The summed E-state index contributed by atoms with van der Waals surface area (Å²) in [5.41, 5.74) is -1.31. The third-order valence-electron chi connectivity index (χ3n) is 1.65. The van der Waals surface area contributed by atoms with Crippen molar-refractivity contribution < 1.29 is 24.9 Å². The van der Waals surface area contributed by atoms with E-state index in [2.05, 4.69) is 19.6 Å². The second-order valence-electron chi connectivity index (χ2n) is 2.44. The summed E-state index contributed by atoms with van der Waals surface area (Å²) in [6, 6.07) is 0. The van der Waals surface area contributed by atoms with Crippen LogP contribution in [0.2, 0.25) is 0 Å². The van der Waals surface area contributed by atoms with Crippen LogP contribution in [0, 0.1) is 0 Å². The average Bonchev–Trinajstić information content (AvgIpc) is 2.57. The van der Waals surface area contributed by atoms with Crippen LogP contribution in [0.15, 0.2) is 9.32 Å². The molecule has 0 unspecified atom stereocenters. The molecular formula is C6H4N2O6. The Labute approximate surface area is 74.9 Å². The highest BCUT2D eigenvalue weighted by Gasteiger charge is 2.19. The fourth-order valence-electron chi connectivity index (χ4n) is 1.00. The van der Waals surface area contributed by atoms with Gasteiger partial charge in [-0.1, -0.05) is 5.16 Å². The predicted molar refractivity (Wildman–Crippen MR) is 41.2 cm³/mol. The van der Waals surface area contributed by atoms with Crippen LogP contribution in [-0.2, 0) is 0 Å². The van der Waals surface area contributed by atoms with Gasteiger partial charge in [0.1, 0.15) is 0 Å². The van der Waals surface area contributed by atoms with Crippen LogP contribution in [0.25, 0.3) is 11.0 Å². The van der Waals surface area contributed by atoms with Crippen molar-refractivity contribution in [1.29, 1.82) is 0 Å². The number of aromatic hydroxyl groups is 2. The van der Waals surface area contributed by atoms with Gasteiger partial charge in [0.15, 0.2) is 16.8 Å². The first kappa shape index (κ1) is 8.38. The zero-order chi connectivity index (χ0) is 10.3. The summed E-state index contributed by atoms with van der Waals surface area (Å²) in [6.07, 6.45) is 0. The average molecular weight is 200 g/mol. The summed E-state index contributed by atoms with van der Waals surface area (Å²) in [6.45, 7) is 0. The molecule has 0 aliphatic rings. The highest BCUT2D eigenvalue weighted by molar-refractivity contribution is 5.85. The van der Waals surface area contributed by atoms with Gasteiger partial charge in [0.25, 0.3) is 5.56 Å². The molecular weight excluding hydrogens is 196 g/mol. The zero-order valence-electron chi connectivity index (χ0n) is 6.51. The van der Waals surface area contributed by atoms with Crippen molar-refractivity contribution >= 4 is 11.0 Å². The number of hydrogen-bond donors (Lipinski definition) is 4. The molecule has 2 aromatic heterocycles. The molecule has 74 valence electrons. The maximum absolute atomic E-state index is 10.9. The number of H-pyrrole nitrogens is 1. The summed E-state index contributed by atoms with van der Waals surface area (Å²) in [5.74, 6) is -2.10. The molecule has 0 aliphatic carbocycles. The van der Waals surface area contributed by atoms with E-state index in [-0.39, 0.29) is 11.0 Å². The third-order valence-corrected chi connectivity index (χ3v) is 1.65. The Bertz CT molecular complexity index is 541. The largest absolute Gasteiger partial charge is 0.502 e. The van der Waals surface area contributed by atoms with Crippen molar-refractivity contribution in [3.63, 3.8) is 0 Å². The Morgan fingerprint density at radius 1 is 1.36 bits per heavy atom. The van der Waals surface area contributed by atoms with Gasteiger partial charge in [0.2, 0.25) is 5.75 Å². The normalized spacial score (nSPS) is 10.6. The Kier molecular flexibility index (Phi) is 1.58. The van der Waals surface area contributed by atoms with Gasteiger partial charge in [-0.25, -0.2) is 0 Å². The van der Waals surface area contributed by atoms with Crippen LogP contribution >= 0.6 is 0 Å². The van der Waals surface area contributed by atoms with Gasteiger partial charge >= 0.3 is 5.95 Å². The quantitative estimate of drug-likeness (QED) is 0.369. The highest BCUT2D eigenvalue weighted by atomic mass is 17.1. The molecule has 8 heteroatoms. The Hall–Kier alpha value is -2.22. The van der Waals surface area contributed by atoms with Crippen LogP contribution in [0.1, 0.15) is 0 Å². The second kappa shape index (κ2) is 2.64. The van der Waals surface area contributed by atoms with E-state index >= 15 is 0 Å². The molecule has 0 radical (unpaired) electrons. The number of aromatic nitrogens is 2. The van der Waals surface area contributed by atoms with Crippen molar-refractivity contribution in [2.24, 2.45) is 0 Å². The lowest BCUT2D eigenvalue weighted by atomic mass is 10.3. The minimum atomic E-state index is -0.948. The number of nitrogens with zero attached hydrogens (tertiary/aromatic N) is 1. The molecule has 0 saturated heterocycles. The van der Waals surface area contributed by atoms with Gasteiger partial charge in [0, 0.05) is 0 Å². The minimum absolute atomic E-state index is 0.146. The predicted octanol–water partition coefficient (Wildman–Crippen LogP) is -0.221. The smallest absolute Gasteiger partial charge is 0.370 e. The lowest BCUT2D eigenvalue weighted by molar-refractivity contribution is -0.156. The summed E-state index contributed by atoms with van der Waals surface area (Å²) in [5, 5.41) is 29.8. The Morgan fingerprint density at radius 3 is 2.71 bits per heavy atom. The zero-order valence-corrected chi connectivity index (χ0v) is 6.51. The molecule has 14 heavy (non-hydrogen) atoms. The summed E-state index contributed by atoms with van der Waals surface area (Å²) >= 11 is 0. The van der Waals surface area contributed by atoms with Crippen molar-refractivity contribution in [3.05, 3.63) is 10.4 Å². The second-order valence-corrected chi connectivity index (χ2v) is 2.44. The topological polar surface area (TPSA) is 129 Å². The molecule has 0 bridgehead atoms. The first-order valence-electron chi connectivity index (χ1n) is 3.40. The Morgan fingerprint density at radius 2 is 2.07 bits per heavy atom. The summed E-state index contributed by atoms with van der Waals surface area (Å²) in [4.78, 5) is 16.8. The molecule has 0 amide bonds. The van der Waals surface area contributed by atoms with E-state index in [4.69, 9.17) is 10.4 Å². The molecule has 0 spiro atoms. The maximum atomic E-state index is 10.9. The SMILES string of the molecule is O=c1[nH]c2c(OO)onc2c(O)c1O. The molecule has 0 aliphatic heterocycles. The number of fused-ring (bicyclic) bond motifs is 1. The van der Waals surface area contributed by atoms with E-state index < -0.39 is 23.0 Å². The van der Waals surface area contributed by atoms with Gasteiger partial charge in [-0.15, -0.1) is 0 Å². The molecule has 8 nitrogen and oxygen atoms in total. The van der Waals surface area contributed by atoms with Gasteiger partial charge in [-0.2, -0.15) is 5.26 Å². The third kappa shape index (κ3) is 0.910. The van der Waals surface area contributed by atoms with Crippen LogP contribution in [-0.4, -0.2) is 25.6 Å². The Balaban J connectivity index is 2.93. The van der Waals surface area contributed by atoms with E-state index in [0.717, 1.165) is 0 Å². The first-order chi connectivity index (χ1) is 6.65. The van der Waals surface area contributed by atoms with Crippen molar-refractivity contribution in [3.8, 4) is 17.4 Å². The molecule has 0 fully saturated rings. The van der Waals surface area contributed by atoms with Crippen LogP contribution in [0.4, 0.5) is 0 Å². The summed E-state index contributed by atoms with van der Waals surface area (Å²) in [7, 11) is 0. The van der Waals surface area contributed by atoms with Crippen LogP contribution in [0.3, 0.4) is 0 Å².